The van der Waals surface area contributed by atoms with Gasteiger partial charge in [-0.05, 0) is 48.0 Å². The summed E-state index contributed by atoms with van der Waals surface area (Å²) in [4.78, 5) is 26.8. The predicted octanol–water partition coefficient (Wildman–Crippen LogP) is 4.08. The van der Waals surface area contributed by atoms with Crippen LogP contribution in [-0.4, -0.2) is 48.9 Å². The van der Waals surface area contributed by atoms with Crippen molar-refractivity contribution in [3.63, 3.8) is 0 Å². The normalized spacial score (nSPS) is 14.6. The number of thiocarbonyl (C=S) groups is 1. The van der Waals surface area contributed by atoms with Gasteiger partial charge in [-0.3, -0.25) is 14.5 Å². The molecule has 0 spiro atoms. The molecule has 2 aromatic rings. The first-order chi connectivity index (χ1) is 15.4. The van der Waals surface area contributed by atoms with E-state index in [4.69, 9.17) is 26.4 Å². The van der Waals surface area contributed by atoms with Crippen molar-refractivity contribution in [1.82, 2.24) is 4.90 Å². The summed E-state index contributed by atoms with van der Waals surface area (Å²) >= 11 is 6.48. The van der Waals surface area contributed by atoms with Crippen LogP contribution in [0.4, 0.5) is 10.1 Å². The van der Waals surface area contributed by atoms with Crippen LogP contribution in [0, 0.1) is 5.82 Å². The van der Waals surface area contributed by atoms with Crippen molar-refractivity contribution >= 4 is 51.9 Å². The highest BCUT2D eigenvalue weighted by Gasteiger charge is 2.32. The minimum absolute atomic E-state index is 0.0429. The van der Waals surface area contributed by atoms with Crippen LogP contribution in [0.2, 0.25) is 0 Å². The van der Waals surface area contributed by atoms with Gasteiger partial charge in [-0.1, -0.05) is 24.0 Å². The maximum atomic E-state index is 13.0. The molecule has 3 rings (SSSR count). The number of halogens is 1. The highest BCUT2D eigenvalue weighted by molar-refractivity contribution is 8.26. The molecule has 1 saturated heterocycles. The molecule has 0 aromatic heterocycles. The summed E-state index contributed by atoms with van der Waals surface area (Å²) < 4.78 is 29.3. The lowest BCUT2D eigenvalue weighted by atomic mass is 10.1. The second kappa shape index (κ2) is 10.5. The Morgan fingerprint density at radius 3 is 2.31 bits per heavy atom. The summed E-state index contributed by atoms with van der Waals surface area (Å²) in [6.45, 7) is 0.129. The Hall–Kier alpha value is -3.11. The van der Waals surface area contributed by atoms with Crippen LogP contribution in [0.25, 0.3) is 6.08 Å². The molecule has 1 N–H and O–H groups in total. The van der Waals surface area contributed by atoms with E-state index < -0.39 is 0 Å². The van der Waals surface area contributed by atoms with Crippen molar-refractivity contribution < 1.29 is 28.2 Å². The number of hydrogen-bond acceptors (Lipinski definition) is 7. The minimum Gasteiger partial charge on any atom is -0.493 e. The summed E-state index contributed by atoms with van der Waals surface area (Å²) in [6.07, 6.45) is 1.73. The number of thioether (sulfide) groups is 1. The van der Waals surface area contributed by atoms with Gasteiger partial charge in [0.15, 0.2) is 11.5 Å². The summed E-state index contributed by atoms with van der Waals surface area (Å²) in [6, 6.07) is 8.89. The molecule has 2 amide bonds. The quantitative estimate of drug-likeness (QED) is 0.454. The molecule has 1 aliphatic rings. The van der Waals surface area contributed by atoms with Crippen molar-refractivity contribution in [2.45, 2.75) is 6.42 Å². The molecule has 7 nitrogen and oxygen atoms in total. The van der Waals surface area contributed by atoms with Gasteiger partial charge in [-0.2, -0.15) is 0 Å². The van der Waals surface area contributed by atoms with E-state index in [1.54, 1.807) is 18.2 Å². The molecule has 1 heterocycles. The lowest BCUT2D eigenvalue weighted by Crippen LogP contribution is -2.31. The number of anilines is 1. The van der Waals surface area contributed by atoms with Crippen LogP contribution in [0.3, 0.4) is 0 Å². The number of benzene rings is 2. The fraction of sp³-hybridized carbons (Fsp3) is 0.227. The third kappa shape index (κ3) is 5.38. The summed E-state index contributed by atoms with van der Waals surface area (Å²) in [5, 5.41) is 2.66. The molecule has 0 saturated carbocycles. The molecule has 32 heavy (non-hydrogen) atoms. The van der Waals surface area contributed by atoms with Crippen molar-refractivity contribution in [1.29, 1.82) is 0 Å². The molecule has 1 aliphatic heterocycles. The number of amides is 2. The van der Waals surface area contributed by atoms with Gasteiger partial charge >= 0.3 is 0 Å². The topological polar surface area (TPSA) is 77.1 Å². The fourth-order valence-electron chi connectivity index (χ4n) is 3.00. The van der Waals surface area contributed by atoms with E-state index >= 15 is 0 Å². The summed E-state index contributed by atoms with van der Waals surface area (Å²) in [5.41, 5.74) is 1.15. The Balaban J connectivity index is 1.69. The van der Waals surface area contributed by atoms with E-state index in [9.17, 15) is 14.0 Å². The molecule has 0 unspecified atom stereocenters. The van der Waals surface area contributed by atoms with Crippen molar-refractivity contribution in [3.8, 4) is 17.2 Å². The van der Waals surface area contributed by atoms with Gasteiger partial charge in [-0.25, -0.2) is 4.39 Å². The molecule has 2 aromatic carbocycles. The third-order valence-corrected chi connectivity index (χ3v) is 5.93. The van der Waals surface area contributed by atoms with Gasteiger partial charge < -0.3 is 19.5 Å². The molecule has 0 radical (unpaired) electrons. The number of carbonyl (C=O) groups excluding carboxylic acids is 2. The van der Waals surface area contributed by atoms with E-state index in [0.717, 1.165) is 11.8 Å². The zero-order valence-electron chi connectivity index (χ0n) is 17.6. The van der Waals surface area contributed by atoms with Crippen molar-refractivity contribution in [2.24, 2.45) is 0 Å². The summed E-state index contributed by atoms with van der Waals surface area (Å²) in [5.74, 6) is 0.394. The first-order valence-corrected chi connectivity index (χ1v) is 10.7. The lowest BCUT2D eigenvalue weighted by molar-refractivity contribution is -0.122. The van der Waals surface area contributed by atoms with E-state index in [1.807, 2.05) is 0 Å². The monoisotopic (exact) mass is 476 g/mol. The van der Waals surface area contributed by atoms with Gasteiger partial charge in [0.05, 0.1) is 26.2 Å². The first-order valence-electron chi connectivity index (χ1n) is 9.47. The zero-order valence-corrected chi connectivity index (χ0v) is 19.3. The van der Waals surface area contributed by atoms with Gasteiger partial charge in [-0.15, -0.1) is 0 Å². The molecule has 0 atom stereocenters. The Labute approximate surface area is 194 Å². The van der Waals surface area contributed by atoms with Gasteiger partial charge in [0.1, 0.15) is 10.1 Å². The number of carbonyl (C=O) groups is 2. The van der Waals surface area contributed by atoms with Gasteiger partial charge in [0.25, 0.3) is 5.91 Å². The number of ether oxygens (including phenoxy) is 3. The van der Waals surface area contributed by atoms with Crippen LogP contribution in [0.15, 0.2) is 41.3 Å². The maximum Gasteiger partial charge on any atom is 0.266 e. The molecule has 168 valence electrons. The maximum absolute atomic E-state index is 13.0. The van der Waals surface area contributed by atoms with E-state index in [-0.39, 0.29) is 30.6 Å². The summed E-state index contributed by atoms with van der Waals surface area (Å²) in [7, 11) is 4.53. The smallest absolute Gasteiger partial charge is 0.266 e. The molecule has 0 aliphatic carbocycles. The lowest BCUT2D eigenvalue weighted by Gasteiger charge is -2.14. The zero-order chi connectivity index (χ0) is 23.3. The fourth-order valence-corrected chi connectivity index (χ4v) is 4.31. The third-order valence-electron chi connectivity index (χ3n) is 4.55. The number of rotatable bonds is 8. The highest BCUT2D eigenvalue weighted by atomic mass is 32.2. The van der Waals surface area contributed by atoms with Crippen LogP contribution in [0.1, 0.15) is 12.0 Å². The SMILES string of the molecule is COc1cc(/C=C2\SC(=S)N(CCC(=O)Nc3ccc(F)cc3)C2=O)cc(OC)c1OC. The number of methoxy groups -OCH3 is 3. The van der Waals surface area contributed by atoms with E-state index in [1.165, 1.54) is 50.5 Å². The average molecular weight is 477 g/mol. The minimum atomic E-state index is -0.389. The predicted molar refractivity (Wildman–Crippen MR) is 126 cm³/mol. The van der Waals surface area contributed by atoms with E-state index in [2.05, 4.69) is 5.32 Å². The van der Waals surface area contributed by atoms with Gasteiger partial charge in [0.2, 0.25) is 11.7 Å². The number of nitrogens with zero attached hydrogens (tertiary/aromatic N) is 1. The second-order valence-corrected chi connectivity index (χ2v) is 8.27. The van der Waals surface area contributed by atoms with Crippen molar-refractivity contribution in [3.05, 3.63) is 52.7 Å². The Morgan fingerprint density at radius 2 is 1.75 bits per heavy atom. The molecular weight excluding hydrogens is 455 g/mol. The Kier molecular flexibility index (Phi) is 7.70. The van der Waals surface area contributed by atoms with Crippen molar-refractivity contribution in [2.75, 3.05) is 33.2 Å². The van der Waals surface area contributed by atoms with Crippen LogP contribution >= 0.6 is 24.0 Å². The number of nitrogens with one attached hydrogen (secondary N) is 1. The second-order valence-electron chi connectivity index (χ2n) is 6.60. The highest BCUT2D eigenvalue weighted by Crippen LogP contribution is 2.40. The largest absolute Gasteiger partial charge is 0.493 e. The van der Waals surface area contributed by atoms with Crippen LogP contribution in [0.5, 0.6) is 17.2 Å². The molecule has 0 bridgehead atoms. The number of hydrogen-bond donors (Lipinski definition) is 1. The molecule has 1 fully saturated rings. The van der Waals surface area contributed by atoms with Gasteiger partial charge in [0, 0.05) is 18.7 Å². The van der Waals surface area contributed by atoms with Crippen LogP contribution in [-0.2, 0) is 9.59 Å². The Morgan fingerprint density at radius 1 is 1.12 bits per heavy atom. The first kappa shape index (κ1) is 23.6. The standard InChI is InChI=1S/C22H21FN2O5S2/c1-28-16-10-13(11-17(29-2)20(16)30-3)12-18-21(27)25(22(31)32-18)9-8-19(26)24-15-6-4-14(23)5-7-15/h4-7,10-12H,8-9H2,1-3H3,(H,24,26)/b18-12-. The molecular formula is C22H21FN2O5S2. The Bertz CT molecular complexity index is 1050. The van der Waals surface area contributed by atoms with E-state index in [0.29, 0.717) is 37.7 Å². The van der Waals surface area contributed by atoms with Crippen LogP contribution < -0.4 is 19.5 Å². The average Bonchev–Trinajstić information content (AvgIpc) is 3.05. The molecule has 10 heteroatoms.